The molecule has 3 rings (SSSR count). The molecule has 0 aliphatic carbocycles. The fraction of sp³-hybridized carbons (Fsp3) is 0.412. The molecule has 136 valence electrons. The van der Waals surface area contributed by atoms with Crippen LogP contribution in [0.25, 0.3) is 0 Å². The third-order valence-corrected chi connectivity index (χ3v) is 4.96. The minimum atomic E-state index is 0. The van der Waals surface area contributed by atoms with Crippen LogP contribution in [0.4, 0.5) is 5.13 Å². The lowest BCUT2D eigenvalue weighted by Crippen LogP contribution is -2.51. The van der Waals surface area contributed by atoms with E-state index in [0.29, 0.717) is 19.1 Å². The lowest BCUT2D eigenvalue weighted by Gasteiger charge is -2.35. The van der Waals surface area contributed by atoms with Crippen molar-refractivity contribution in [3.8, 4) is 0 Å². The first-order valence-electron chi connectivity index (χ1n) is 8.03. The highest BCUT2D eigenvalue weighted by atomic mass is 127. The van der Waals surface area contributed by atoms with Gasteiger partial charge < -0.3 is 20.3 Å². The quantitative estimate of drug-likeness (QED) is 0.411. The highest BCUT2D eigenvalue weighted by molar-refractivity contribution is 14.0. The van der Waals surface area contributed by atoms with Crippen LogP contribution in [0.5, 0.6) is 0 Å². The number of methoxy groups -OCH3 is 1. The van der Waals surface area contributed by atoms with Gasteiger partial charge in [0.05, 0.1) is 13.2 Å². The van der Waals surface area contributed by atoms with Gasteiger partial charge in [0.25, 0.3) is 0 Å². The van der Waals surface area contributed by atoms with Crippen LogP contribution in [0, 0.1) is 0 Å². The number of ether oxygens (including phenoxy) is 1. The van der Waals surface area contributed by atoms with Crippen molar-refractivity contribution in [3.05, 3.63) is 47.0 Å². The van der Waals surface area contributed by atoms with Gasteiger partial charge in [-0.25, -0.2) is 9.98 Å². The summed E-state index contributed by atoms with van der Waals surface area (Å²) < 4.78 is 5.24. The summed E-state index contributed by atoms with van der Waals surface area (Å²) in [6, 6.07) is 8.18. The highest BCUT2D eigenvalue weighted by Crippen LogP contribution is 2.19. The Morgan fingerprint density at radius 1 is 1.24 bits per heavy atom. The van der Waals surface area contributed by atoms with E-state index in [1.165, 1.54) is 0 Å². The number of anilines is 1. The number of nitrogens with two attached hydrogens (primary N) is 1. The fourth-order valence-electron chi connectivity index (χ4n) is 2.77. The maximum Gasteiger partial charge on any atom is 0.191 e. The summed E-state index contributed by atoms with van der Waals surface area (Å²) in [7, 11) is 1.70. The molecule has 2 aromatic rings. The first kappa shape index (κ1) is 19.9. The van der Waals surface area contributed by atoms with E-state index in [0.717, 1.165) is 42.4 Å². The number of aliphatic imine (C=N–C) groups is 1. The second-order valence-corrected chi connectivity index (χ2v) is 6.54. The molecule has 0 amide bonds. The number of halogens is 1. The molecule has 1 aromatic carbocycles. The minimum absolute atomic E-state index is 0. The van der Waals surface area contributed by atoms with E-state index >= 15 is 0 Å². The van der Waals surface area contributed by atoms with Gasteiger partial charge in [-0.1, -0.05) is 24.3 Å². The van der Waals surface area contributed by atoms with E-state index in [4.69, 9.17) is 10.5 Å². The molecule has 0 unspecified atom stereocenters. The molecule has 1 fully saturated rings. The van der Waals surface area contributed by atoms with Crippen LogP contribution in [0.1, 0.15) is 11.1 Å². The summed E-state index contributed by atoms with van der Waals surface area (Å²) in [5, 5.41) is 3.09. The molecule has 2 N–H and O–H groups in total. The number of guanidine groups is 1. The number of rotatable bonds is 5. The van der Waals surface area contributed by atoms with Gasteiger partial charge in [-0.05, 0) is 11.1 Å². The van der Waals surface area contributed by atoms with Crippen LogP contribution in [-0.2, 0) is 17.9 Å². The highest BCUT2D eigenvalue weighted by Gasteiger charge is 2.19. The average Bonchev–Trinajstić information content (AvgIpc) is 3.16. The Bertz CT molecular complexity index is 671. The third kappa shape index (κ3) is 5.29. The molecule has 0 spiro atoms. The molecule has 25 heavy (non-hydrogen) atoms. The molecule has 6 nitrogen and oxygen atoms in total. The molecule has 1 saturated heterocycles. The molecule has 0 bridgehead atoms. The van der Waals surface area contributed by atoms with Gasteiger partial charge in [0, 0.05) is 44.9 Å². The normalized spacial score (nSPS) is 15.2. The third-order valence-electron chi connectivity index (χ3n) is 4.12. The molecule has 2 heterocycles. The molecule has 0 radical (unpaired) electrons. The number of piperazine rings is 1. The number of aromatic nitrogens is 1. The molecule has 0 saturated carbocycles. The first-order valence-corrected chi connectivity index (χ1v) is 8.91. The average molecular weight is 473 g/mol. The fourth-order valence-corrected chi connectivity index (χ4v) is 3.47. The predicted octanol–water partition coefficient (Wildman–Crippen LogP) is 2.54. The molecule has 1 aliphatic heterocycles. The summed E-state index contributed by atoms with van der Waals surface area (Å²) >= 11 is 1.68. The summed E-state index contributed by atoms with van der Waals surface area (Å²) in [6.45, 7) is 4.76. The van der Waals surface area contributed by atoms with E-state index in [1.807, 2.05) is 23.7 Å². The molecule has 1 aliphatic rings. The van der Waals surface area contributed by atoms with Gasteiger partial charge in [0.1, 0.15) is 0 Å². The van der Waals surface area contributed by atoms with E-state index in [2.05, 4.69) is 31.9 Å². The van der Waals surface area contributed by atoms with Crippen molar-refractivity contribution >= 4 is 46.4 Å². The molecule has 8 heteroatoms. The van der Waals surface area contributed by atoms with Gasteiger partial charge in [-0.15, -0.1) is 35.3 Å². The maximum atomic E-state index is 6.20. The SMILES string of the molecule is COCc1ccccc1CN=C(N)N1CCN(c2nccs2)CC1.I. The van der Waals surface area contributed by atoms with Crippen LogP contribution in [0.3, 0.4) is 0 Å². The Hall–Kier alpha value is -1.39. The molecular weight excluding hydrogens is 449 g/mol. The molecule has 0 atom stereocenters. The lowest BCUT2D eigenvalue weighted by atomic mass is 10.1. The molecule has 1 aromatic heterocycles. The Morgan fingerprint density at radius 2 is 1.96 bits per heavy atom. The summed E-state index contributed by atoms with van der Waals surface area (Å²) in [5.74, 6) is 0.612. The van der Waals surface area contributed by atoms with Crippen LogP contribution < -0.4 is 10.6 Å². The summed E-state index contributed by atoms with van der Waals surface area (Å²) in [6.07, 6.45) is 1.85. The Kier molecular flexibility index (Phi) is 7.91. The van der Waals surface area contributed by atoms with Crippen molar-refractivity contribution in [2.45, 2.75) is 13.2 Å². The molecular formula is C17H24IN5OS. The van der Waals surface area contributed by atoms with Crippen molar-refractivity contribution in [2.75, 3.05) is 38.2 Å². The van der Waals surface area contributed by atoms with Crippen molar-refractivity contribution in [2.24, 2.45) is 10.7 Å². The van der Waals surface area contributed by atoms with E-state index in [9.17, 15) is 0 Å². The zero-order chi connectivity index (χ0) is 16.8. The lowest BCUT2D eigenvalue weighted by molar-refractivity contribution is 0.184. The zero-order valence-corrected chi connectivity index (χ0v) is 17.4. The van der Waals surface area contributed by atoms with Crippen LogP contribution in [-0.4, -0.2) is 49.1 Å². The largest absolute Gasteiger partial charge is 0.380 e. The van der Waals surface area contributed by atoms with E-state index < -0.39 is 0 Å². The van der Waals surface area contributed by atoms with Crippen LogP contribution >= 0.6 is 35.3 Å². The maximum absolute atomic E-state index is 6.20. The van der Waals surface area contributed by atoms with E-state index in [-0.39, 0.29) is 24.0 Å². The van der Waals surface area contributed by atoms with Crippen molar-refractivity contribution in [3.63, 3.8) is 0 Å². The van der Waals surface area contributed by atoms with Crippen molar-refractivity contribution in [1.29, 1.82) is 0 Å². The summed E-state index contributed by atoms with van der Waals surface area (Å²) in [4.78, 5) is 13.4. The Balaban J connectivity index is 0.00000225. The van der Waals surface area contributed by atoms with Crippen molar-refractivity contribution in [1.82, 2.24) is 9.88 Å². The minimum Gasteiger partial charge on any atom is -0.380 e. The zero-order valence-electron chi connectivity index (χ0n) is 14.3. The monoisotopic (exact) mass is 473 g/mol. The second-order valence-electron chi connectivity index (χ2n) is 5.66. The van der Waals surface area contributed by atoms with Gasteiger partial charge >= 0.3 is 0 Å². The van der Waals surface area contributed by atoms with E-state index in [1.54, 1.807) is 18.4 Å². The van der Waals surface area contributed by atoms with Gasteiger partial charge in [0.15, 0.2) is 11.1 Å². The topological polar surface area (TPSA) is 67.0 Å². The van der Waals surface area contributed by atoms with Gasteiger partial charge in [-0.3, -0.25) is 0 Å². The number of thiazole rings is 1. The van der Waals surface area contributed by atoms with Gasteiger partial charge in [-0.2, -0.15) is 0 Å². The van der Waals surface area contributed by atoms with Crippen molar-refractivity contribution < 1.29 is 4.74 Å². The summed E-state index contributed by atoms with van der Waals surface area (Å²) in [5.41, 5.74) is 8.51. The standard InChI is InChI=1S/C17H23N5OS.HI/c1-23-13-15-5-3-2-4-14(15)12-20-16(18)21-7-9-22(10-8-21)17-19-6-11-24-17;/h2-6,11H,7-10,12-13H2,1H3,(H2,18,20);1H. The smallest absolute Gasteiger partial charge is 0.191 e. The predicted molar refractivity (Wildman–Crippen MR) is 114 cm³/mol. The number of hydrogen-bond donors (Lipinski definition) is 1. The van der Waals surface area contributed by atoms with Crippen LogP contribution in [0.2, 0.25) is 0 Å². The Labute approximate surface area is 169 Å². The first-order chi connectivity index (χ1) is 11.8. The second kappa shape index (κ2) is 9.93. The van der Waals surface area contributed by atoms with Gasteiger partial charge in [0.2, 0.25) is 0 Å². The number of hydrogen-bond acceptors (Lipinski definition) is 5. The Morgan fingerprint density at radius 3 is 2.60 bits per heavy atom. The number of benzene rings is 1. The van der Waals surface area contributed by atoms with Crippen LogP contribution in [0.15, 0.2) is 40.8 Å². The number of nitrogens with zero attached hydrogens (tertiary/aromatic N) is 4.